The molecule has 0 atom stereocenters. The first-order chi connectivity index (χ1) is 18.4. The van der Waals surface area contributed by atoms with Crippen LogP contribution in [0.1, 0.15) is 63.1 Å². The molecule has 2 N–H and O–H groups in total. The summed E-state index contributed by atoms with van der Waals surface area (Å²) in [7, 11) is 3.90. The summed E-state index contributed by atoms with van der Waals surface area (Å²) in [5, 5.41) is 7.02. The number of nitrogens with zero attached hydrogens (tertiary/aromatic N) is 4. The Bertz CT molecular complexity index is 1310. The fourth-order valence-corrected chi connectivity index (χ4v) is 5.36. The van der Waals surface area contributed by atoms with Gasteiger partial charge >= 0.3 is 0 Å². The van der Waals surface area contributed by atoms with E-state index in [1.54, 1.807) is 11.0 Å². The average Bonchev–Trinajstić information content (AvgIpc) is 3.72. The molecule has 2 aliphatic heterocycles. The van der Waals surface area contributed by atoms with Gasteiger partial charge in [0.25, 0.3) is 0 Å². The number of rotatable bonds is 9. The molecule has 0 bridgehead atoms. The molecule has 38 heavy (non-hydrogen) atoms. The van der Waals surface area contributed by atoms with Crippen LogP contribution in [0.15, 0.2) is 70.8 Å². The number of imidazole rings is 1. The molecule has 0 radical (unpaired) electrons. The quantitative estimate of drug-likeness (QED) is 0.493. The number of allylic oxidation sites excluding steroid dienone is 2. The Balaban J connectivity index is 1.21. The maximum atomic E-state index is 13.2. The van der Waals surface area contributed by atoms with Crippen LogP contribution in [0.3, 0.4) is 0 Å². The molecule has 7 heteroatoms. The highest BCUT2D eigenvalue weighted by atomic mass is 16.2. The third-order valence-corrected chi connectivity index (χ3v) is 7.77. The number of aliphatic imine (C=N–C) groups is 1. The number of aromatic nitrogens is 2. The fourth-order valence-electron chi connectivity index (χ4n) is 5.36. The molecule has 0 unspecified atom stereocenters. The first-order valence-corrected chi connectivity index (χ1v) is 13.9. The molecular weight excluding hydrogens is 472 g/mol. The smallest absolute Gasteiger partial charge is 0.226 e. The maximum absolute atomic E-state index is 13.2. The number of amides is 1. The van der Waals surface area contributed by atoms with E-state index in [4.69, 9.17) is 9.98 Å². The number of amidine groups is 1. The highest BCUT2D eigenvalue weighted by Crippen LogP contribution is 2.40. The Morgan fingerprint density at radius 2 is 2.03 bits per heavy atom. The van der Waals surface area contributed by atoms with E-state index < -0.39 is 0 Å². The summed E-state index contributed by atoms with van der Waals surface area (Å²) in [6, 6.07) is 8.45. The first-order valence-electron chi connectivity index (χ1n) is 13.9. The van der Waals surface area contributed by atoms with E-state index in [-0.39, 0.29) is 5.91 Å². The second-order valence-electron chi connectivity index (χ2n) is 11.0. The number of aryl methyl sites for hydroxylation is 2. The van der Waals surface area contributed by atoms with E-state index in [1.165, 1.54) is 29.8 Å². The molecule has 1 amide bonds. The van der Waals surface area contributed by atoms with Crippen molar-refractivity contribution >= 4 is 11.7 Å². The van der Waals surface area contributed by atoms with E-state index in [2.05, 4.69) is 73.1 Å². The van der Waals surface area contributed by atoms with Gasteiger partial charge in [0.1, 0.15) is 11.7 Å². The second kappa shape index (κ2) is 11.0. The van der Waals surface area contributed by atoms with Crippen molar-refractivity contribution in [2.24, 2.45) is 18.0 Å². The van der Waals surface area contributed by atoms with Crippen LogP contribution >= 0.6 is 0 Å². The van der Waals surface area contributed by atoms with Crippen molar-refractivity contribution in [3.05, 3.63) is 77.0 Å². The van der Waals surface area contributed by atoms with Crippen LogP contribution in [0.4, 0.5) is 0 Å². The number of hydrogen-bond acceptors (Lipinski definition) is 5. The Morgan fingerprint density at radius 1 is 1.26 bits per heavy atom. The van der Waals surface area contributed by atoms with Gasteiger partial charge in [-0.15, -0.1) is 0 Å². The number of carbonyl (C=O) groups excluding carboxylic acids is 1. The van der Waals surface area contributed by atoms with Gasteiger partial charge in [0.05, 0.1) is 23.6 Å². The van der Waals surface area contributed by atoms with Crippen LogP contribution in [-0.2, 0) is 18.3 Å². The zero-order valence-corrected chi connectivity index (χ0v) is 23.2. The number of likely N-dealkylation sites (N-methyl/N-ethyl adjacent to an activating group) is 1. The zero-order chi connectivity index (χ0) is 26.8. The summed E-state index contributed by atoms with van der Waals surface area (Å²) in [6.07, 6.45) is 9.66. The van der Waals surface area contributed by atoms with Gasteiger partial charge in [-0.1, -0.05) is 44.7 Å². The highest BCUT2D eigenvalue weighted by Gasteiger charge is 2.27. The SMILES string of the molecule is C=CC1=C(N(C)C(=O)CCc2ccc(-c3nc(C4CC4)cn3C)cc2)CN=C(C2=C(C(C)C)NCCC2)N1. The molecule has 7 nitrogen and oxygen atoms in total. The minimum Gasteiger partial charge on any atom is -0.388 e. The van der Waals surface area contributed by atoms with Crippen molar-refractivity contribution in [2.45, 2.75) is 58.3 Å². The molecule has 5 rings (SSSR count). The summed E-state index contributed by atoms with van der Waals surface area (Å²) in [5.41, 5.74) is 7.68. The number of benzene rings is 1. The molecule has 200 valence electrons. The van der Waals surface area contributed by atoms with E-state index in [1.807, 2.05) is 7.05 Å². The standard InChI is InChI=1S/C31H40N6O/c1-6-25-27(18-33-30(34-25)24-8-7-17-32-29(24)20(2)3)37(5)28(38)16-11-21-9-12-23(13-10-21)31-35-26(19-36(31)4)22-14-15-22/h6,9-10,12-13,19-20,22,32H,1,7-8,11,14-18H2,2-5H3,(H,33,34). The number of carbonyl (C=O) groups is 1. The number of hydrogen-bond donors (Lipinski definition) is 2. The summed E-state index contributed by atoms with van der Waals surface area (Å²) in [6.45, 7) is 9.88. The van der Waals surface area contributed by atoms with Gasteiger partial charge in [-0.3, -0.25) is 9.79 Å². The van der Waals surface area contributed by atoms with Gasteiger partial charge in [-0.2, -0.15) is 0 Å². The van der Waals surface area contributed by atoms with Crippen LogP contribution < -0.4 is 10.6 Å². The van der Waals surface area contributed by atoms with Crippen LogP contribution in [-0.4, -0.2) is 46.3 Å². The van der Waals surface area contributed by atoms with E-state index in [9.17, 15) is 4.79 Å². The average molecular weight is 513 g/mol. The first kappa shape index (κ1) is 26.0. The molecular formula is C31H40N6O. The predicted octanol–water partition coefficient (Wildman–Crippen LogP) is 5.05. The van der Waals surface area contributed by atoms with Crippen LogP contribution in [0.25, 0.3) is 11.4 Å². The lowest BCUT2D eigenvalue weighted by molar-refractivity contribution is -0.128. The lowest BCUT2D eigenvalue weighted by atomic mass is 9.95. The Morgan fingerprint density at radius 3 is 2.71 bits per heavy atom. The molecule has 0 spiro atoms. The topological polar surface area (TPSA) is 74.5 Å². The van der Waals surface area contributed by atoms with E-state index in [0.717, 1.165) is 53.6 Å². The van der Waals surface area contributed by atoms with E-state index >= 15 is 0 Å². The molecule has 1 aliphatic carbocycles. The molecule has 1 saturated carbocycles. The summed E-state index contributed by atoms with van der Waals surface area (Å²) in [5.74, 6) is 3.03. The molecule has 3 aliphatic rings. The molecule has 0 saturated heterocycles. The Labute approximate surface area is 226 Å². The lowest BCUT2D eigenvalue weighted by Crippen LogP contribution is -2.39. The predicted molar refractivity (Wildman–Crippen MR) is 153 cm³/mol. The van der Waals surface area contributed by atoms with Crippen molar-refractivity contribution in [2.75, 3.05) is 20.1 Å². The summed E-state index contributed by atoms with van der Waals surface area (Å²) >= 11 is 0. The van der Waals surface area contributed by atoms with Crippen molar-refractivity contribution in [3.8, 4) is 11.4 Å². The molecule has 1 aromatic carbocycles. The van der Waals surface area contributed by atoms with Crippen molar-refractivity contribution in [3.63, 3.8) is 0 Å². The normalized spacial score (nSPS) is 17.8. The van der Waals surface area contributed by atoms with Gasteiger partial charge in [0.2, 0.25) is 5.91 Å². The van der Waals surface area contributed by atoms with Crippen molar-refractivity contribution in [1.82, 2.24) is 25.1 Å². The van der Waals surface area contributed by atoms with Gasteiger partial charge < -0.3 is 20.1 Å². The Kier molecular flexibility index (Phi) is 7.54. The van der Waals surface area contributed by atoms with Gasteiger partial charge in [-0.25, -0.2) is 4.98 Å². The minimum atomic E-state index is 0.0727. The maximum Gasteiger partial charge on any atom is 0.226 e. The third-order valence-electron chi connectivity index (χ3n) is 7.77. The molecule has 1 aromatic heterocycles. The van der Waals surface area contributed by atoms with Crippen LogP contribution in [0.5, 0.6) is 0 Å². The Hall–Kier alpha value is -3.61. The third kappa shape index (κ3) is 5.47. The fraction of sp³-hybridized carbons (Fsp3) is 0.452. The van der Waals surface area contributed by atoms with Crippen molar-refractivity contribution in [1.29, 1.82) is 0 Å². The number of nitrogens with one attached hydrogen (secondary N) is 2. The minimum absolute atomic E-state index is 0.0727. The molecule has 2 aromatic rings. The zero-order valence-electron chi connectivity index (χ0n) is 23.2. The van der Waals surface area contributed by atoms with Gasteiger partial charge in [0, 0.05) is 56.0 Å². The van der Waals surface area contributed by atoms with Gasteiger partial charge in [0.15, 0.2) is 0 Å². The molecule has 1 fully saturated rings. The monoisotopic (exact) mass is 512 g/mol. The van der Waals surface area contributed by atoms with E-state index in [0.29, 0.717) is 31.2 Å². The largest absolute Gasteiger partial charge is 0.388 e. The second-order valence-corrected chi connectivity index (χ2v) is 11.0. The highest BCUT2D eigenvalue weighted by molar-refractivity contribution is 6.01. The van der Waals surface area contributed by atoms with Gasteiger partial charge in [-0.05, 0) is 49.7 Å². The van der Waals surface area contributed by atoms with Crippen LogP contribution in [0.2, 0.25) is 0 Å². The van der Waals surface area contributed by atoms with Crippen molar-refractivity contribution < 1.29 is 4.79 Å². The lowest BCUT2D eigenvalue weighted by Gasteiger charge is -2.31. The summed E-state index contributed by atoms with van der Waals surface area (Å²) < 4.78 is 2.11. The molecule has 3 heterocycles. The summed E-state index contributed by atoms with van der Waals surface area (Å²) in [4.78, 5) is 24.6. The van der Waals surface area contributed by atoms with Crippen LogP contribution in [0, 0.1) is 5.92 Å².